The molecule has 120 valence electrons. The molecule has 0 heterocycles. The molecule has 0 aliphatic carbocycles. The maximum atomic E-state index is 12.8. The van der Waals surface area contributed by atoms with Gasteiger partial charge in [-0.05, 0) is 29.9 Å². The van der Waals surface area contributed by atoms with Crippen LogP contribution in [0.5, 0.6) is 0 Å². The second kappa shape index (κ2) is 8.39. The van der Waals surface area contributed by atoms with Gasteiger partial charge in [0.25, 0.3) is 5.91 Å². The van der Waals surface area contributed by atoms with Crippen molar-refractivity contribution in [2.75, 3.05) is 5.75 Å². The van der Waals surface area contributed by atoms with Crippen molar-refractivity contribution in [3.63, 3.8) is 0 Å². The summed E-state index contributed by atoms with van der Waals surface area (Å²) in [5.74, 6) is -0.910. The van der Waals surface area contributed by atoms with E-state index in [1.54, 1.807) is 24.3 Å². The maximum absolute atomic E-state index is 12.8. The number of hydrogen-bond donors (Lipinski definition) is 2. The van der Waals surface area contributed by atoms with Crippen LogP contribution in [0.25, 0.3) is 0 Å². The molecule has 0 spiro atoms. The van der Waals surface area contributed by atoms with E-state index in [0.717, 1.165) is 5.56 Å². The normalized spacial score (nSPS) is 11.7. The highest BCUT2D eigenvalue weighted by atomic mass is 32.1. The van der Waals surface area contributed by atoms with Gasteiger partial charge in [0.05, 0.1) is 0 Å². The molecule has 0 unspecified atom stereocenters. The second-order valence-electron chi connectivity index (χ2n) is 5.15. The number of carbonyl (C=O) groups is 2. The van der Waals surface area contributed by atoms with Gasteiger partial charge in [-0.25, -0.2) is 4.79 Å². The number of rotatable bonds is 7. The number of aliphatic carboxylic acids is 1. The molecule has 1 N–H and O–H groups in total. The van der Waals surface area contributed by atoms with Crippen LogP contribution in [0, 0.1) is 0 Å². The van der Waals surface area contributed by atoms with Crippen LogP contribution in [0.3, 0.4) is 0 Å². The van der Waals surface area contributed by atoms with Gasteiger partial charge in [0.1, 0.15) is 6.04 Å². The van der Waals surface area contributed by atoms with Crippen LogP contribution in [0.1, 0.15) is 22.3 Å². The summed E-state index contributed by atoms with van der Waals surface area (Å²) in [6, 6.07) is 17.2. The fraction of sp³-hybridized carbons (Fsp3) is 0.222. The maximum Gasteiger partial charge on any atom is 0.326 e. The lowest BCUT2D eigenvalue weighted by molar-refractivity contribution is -0.142. The molecular formula is C18H19NO3S. The molecule has 0 bridgehead atoms. The van der Waals surface area contributed by atoms with E-state index in [4.69, 9.17) is 0 Å². The summed E-state index contributed by atoms with van der Waals surface area (Å²) in [6.07, 6.45) is 0.295. The molecule has 0 fully saturated rings. The topological polar surface area (TPSA) is 57.6 Å². The number of hydrogen-bond acceptors (Lipinski definition) is 3. The van der Waals surface area contributed by atoms with Gasteiger partial charge in [-0.1, -0.05) is 48.5 Å². The number of carboxylic acids is 1. The van der Waals surface area contributed by atoms with Gasteiger partial charge in [-0.15, -0.1) is 0 Å². The molecule has 0 radical (unpaired) electrons. The first-order chi connectivity index (χ1) is 11.1. The molecule has 0 aliphatic heterocycles. The fourth-order valence-electron chi connectivity index (χ4n) is 2.39. The number of carboxylic acid groups (broad SMARTS) is 1. The Bertz CT molecular complexity index is 646. The average molecular weight is 329 g/mol. The van der Waals surface area contributed by atoms with Crippen molar-refractivity contribution in [2.45, 2.75) is 19.0 Å². The molecule has 0 saturated heterocycles. The van der Waals surface area contributed by atoms with Gasteiger partial charge in [-0.3, -0.25) is 4.79 Å². The van der Waals surface area contributed by atoms with Crippen molar-refractivity contribution >= 4 is 24.5 Å². The van der Waals surface area contributed by atoms with Gasteiger partial charge in [0, 0.05) is 12.1 Å². The lowest BCUT2D eigenvalue weighted by Gasteiger charge is -2.29. The number of carbonyl (C=O) groups excluding carboxylic acids is 1. The molecular weight excluding hydrogens is 310 g/mol. The van der Waals surface area contributed by atoms with E-state index in [-0.39, 0.29) is 12.5 Å². The average Bonchev–Trinajstić information content (AvgIpc) is 2.59. The van der Waals surface area contributed by atoms with Gasteiger partial charge in [0.2, 0.25) is 0 Å². The molecule has 5 heteroatoms. The first kappa shape index (κ1) is 17.1. The molecule has 2 aromatic carbocycles. The quantitative estimate of drug-likeness (QED) is 0.768. The van der Waals surface area contributed by atoms with Crippen LogP contribution in [0.2, 0.25) is 0 Å². The standard InChI is InChI=1S/C18H19NO3S/c20-17(15-9-5-2-6-10-15)19(16(11-12-23)18(21)22)13-14-7-3-1-4-8-14/h1-10,16,23H,11-13H2,(H,21,22)/t16-/m0/s1. The van der Waals surface area contributed by atoms with Gasteiger partial charge in [-0.2, -0.15) is 12.6 Å². The molecule has 4 nitrogen and oxygen atoms in total. The fourth-order valence-corrected chi connectivity index (χ4v) is 2.63. The monoisotopic (exact) mass is 329 g/mol. The van der Waals surface area contributed by atoms with Crippen molar-refractivity contribution in [3.05, 3.63) is 71.8 Å². The number of thiol groups is 1. The first-order valence-corrected chi connectivity index (χ1v) is 8.00. The molecule has 2 aromatic rings. The van der Waals surface area contributed by atoms with Crippen LogP contribution in [0.15, 0.2) is 60.7 Å². The number of nitrogens with zero attached hydrogens (tertiary/aromatic N) is 1. The Morgan fingerprint density at radius 2 is 1.57 bits per heavy atom. The third kappa shape index (κ3) is 4.60. The van der Waals surface area contributed by atoms with E-state index in [1.807, 2.05) is 36.4 Å². The lowest BCUT2D eigenvalue weighted by atomic mass is 10.1. The van der Waals surface area contributed by atoms with Crippen LogP contribution in [-0.4, -0.2) is 33.7 Å². The molecule has 0 aliphatic rings. The Hall–Kier alpha value is -2.27. The molecule has 2 rings (SSSR count). The minimum absolute atomic E-state index is 0.249. The van der Waals surface area contributed by atoms with Crippen LogP contribution >= 0.6 is 12.6 Å². The number of benzene rings is 2. The largest absolute Gasteiger partial charge is 0.480 e. The highest BCUT2D eigenvalue weighted by Gasteiger charge is 2.29. The van der Waals surface area contributed by atoms with Crippen molar-refractivity contribution < 1.29 is 14.7 Å². The first-order valence-electron chi connectivity index (χ1n) is 7.37. The minimum atomic E-state index is -1.01. The summed E-state index contributed by atoms with van der Waals surface area (Å²) >= 11 is 4.13. The Balaban J connectivity index is 2.33. The Morgan fingerprint density at radius 3 is 2.09 bits per heavy atom. The van der Waals surface area contributed by atoms with Crippen LogP contribution in [0.4, 0.5) is 0 Å². The molecule has 1 amide bonds. The predicted octanol–water partition coefficient (Wildman–Crippen LogP) is 3.10. The lowest BCUT2D eigenvalue weighted by Crippen LogP contribution is -2.45. The summed E-state index contributed by atoms with van der Waals surface area (Å²) in [6.45, 7) is 0.249. The van der Waals surface area contributed by atoms with E-state index >= 15 is 0 Å². The summed E-state index contributed by atoms with van der Waals surface area (Å²) in [4.78, 5) is 25.8. The van der Waals surface area contributed by atoms with Crippen molar-refractivity contribution in [3.8, 4) is 0 Å². The van der Waals surface area contributed by atoms with Crippen molar-refractivity contribution in [1.82, 2.24) is 4.90 Å². The van der Waals surface area contributed by atoms with Crippen molar-refractivity contribution in [2.24, 2.45) is 0 Å². The zero-order valence-corrected chi connectivity index (χ0v) is 13.5. The van der Waals surface area contributed by atoms with E-state index in [0.29, 0.717) is 17.7 Å². The Morgan fingerprint density at radius 1 is 1.00 bits per heavy atom. The third-order valence-corrected chi connectivity index (χ3v) is 3.80. The Kier molecular flexibility index (Phi) is 6.23. The zero-order valence-electron chi connectivity index (χ0n) is 12.6. The summed E-state index contributed by atoms with van der Waals surface area (Å²) in [7, 11) is 0. The van der Waals surface area contributed by atoms with E-state index < -0.39 is 12.0 Å². The minimum Gasteiger partial charge on any atom is -0.480 e. The van der Waals surface area contributed by atoms with Gasteiger partial charge >= 0.3 is 5.97 Å². The van der Waals surface area contributed by atoms with E-state index in [1.165, 1.54) is 4.90 Å². The molecule has 0 saturated carbocycles. The number of amides is 1. The van der Waals surface area contributed by atoms with Gasteiger partial charge in [0.15, 0.2) is 0 Å². The summed E-state index contributed by atoms with van der Waals surface area (Å²) < 4.78 is 0. The highest BCUT2D eigenvalue weighted by Crippen LogP contribution is 2.16. The second-order valence-corrected chi connectivity index (χ2v) is 5.60. The molecule has 0 aromatic heterocycles. The zero-order chi connectivity index (χ0) is 16.7. The van der Waals surface area contributed by atoms with Crippen LogP contribution < -0.4 is 0 Å². The highest BCUT2D eigenvalue weighted by molar-refractivity contribution is 7.80. The van der Waals surface area contributed by atoms with E-state index in [9.17, 15) is 14.7 Å². The summed E-state index contributed by atoms with van der Waals surface area (Å²) in [5, 5.41) is 9.52. The van der Waals surface area contributed by atoms with Crippen LogP contribution in [-0.2, 0) is 11.3 Å². The SMILES string of the molecule is O=C(O)[C@H](CCS)N(Cc1ccccc1)C(=O)c1ccccc1. The van der Waals surface area contributed by atoms with Gasteiger partial charge < -0.3 is 10.0 Å². The Labute approximate surface area is 141 Å². The molecule has 23 heavy (non-hydrogen) atoms. The smallest absolute Gasteiger partial charge is 0.326 e. The molecule has 1 atom stereocenters. The van der Waals surface area contributed by atoms with Crippen molar-refractivity contribution in [1.29, 1.82) is 0 Å². The third-order valence-electron chi connectivity index (χ3n) is 3.54. The predicted molar refractivity (Wildman–Crippen MR) is 92.7 cm³/mol. The van der Waals surface area contributed by atoms with E-state index in [2.05, 4.69) is 12.6 Å². The summed E-state index contributed by atoms with van der Waals surface area (Å²) in [5.41, 5.74) is 1.37.